The van der Waals surface area contributed by atoms with Crippen molar-refractivity contribution in [1.82, 2.24) is 15.3 Å². The Kier molecular flexibility index (Phi) is 9.53. The fraction of sp³-hybridized carbons (Fsp3) is 0.350. The molecule has 2 heterocycles. The van der Waals surface area contributed by atoms with Crippen molar-refractivity contribution in [1.29, 1.82) is 0 Å². The van der Waals surface area contributed by atoms with Crippen molar-refractivity contribution in [3.63, 3.8) is 0 Å². The van der Waals surface area contributed by atoms with Crippen LogP contribution in [0.25, 0.3) is 0 Å². The van der Waals surface area contributed by atoms with Crippen LogP contribution in [-0.4, -0.2) is 97.8 Å². The fourth-order valence-corrected chi connectivity index (χ4v) is 3.41. The first-order valence-electron chi connectivity index (χ1n) is 10.1. The Hall–Kier alpha value is -3.03. The zero-order chi connectivity index (χ0) is 24.1. The van der Waals surface area contributed by atoms with Crippen molar-refractivity contribution in [3.8, 4) is 0 Å². The molecule has 1 aromatic heterocycles. The van der Waals surface area contributed by atoms with Gasteiger partial charge in [0.1, 0.15) is 5.69 Å². The maximum atomic E-state index is 12.3. The van der Waals surface area contributed by atoms with Gasteiger partial charge in [-0.25, -0.2) is 0 Å². The maximum Gasteiger partial charge on any atom is 2.00 e. The molecule has 13 nitrogen and oxygen atoms in total. The van der Waals surface area contributed by atoms with Crippen molar-refractivity contribution < 1.29 is 24.6 Å². The number of fused-ring (bicyclic) bond motifs is 1. The SMILES string of the molecule is CN1c2c(nc(N)[nH]c2=O)NC[C@@H]1CNc1ccc(C(=O)N[13C@@H]([13CH2][13CH2][13C](=O)[O-])[13C](=O)[O-])cc1.[Ca+2]. The molecule has 6 N–H and O–H groups in total. The van der Waals surface area contributed by atoms with Gasteiger partial charge in [0.15, 0.2) is 5.82 Å². The summed E-state index contributed by atoms with van der Waals surface area (Å²) in [5.74, 6) is -3.22. The number of nitrogens with zero attached hydrogens (tertiary/aromatic N) is 2. The number of carboxylic acids is 2. The Morgan fingerprint density at radius 1 is 1.26 bits per heavy atom. The Bertz CT molecular complexity index is 1110. The molecular formula is C20H23CaN7O6. The molecule has 0 radical (unpaired) electrons. The van der Waals surface area contributed by atoms with Crippen molar-refractivity contribution in [2.75, 3.05) is 41.4 Å². The molecule has 0 saturated heterocycles. The second kappa shape index (κ2) is 11.9. The van der Waals surface area contributed by atoms with Gasteiger partial charge in [-0.15, -0.1) is 0 Å². The zero-order valence-electron chi connectivity index (χ0n) is 18.4. The second-order valence-electron chi connectivity index (χ2n) is 7.51. The number of H-pyrrole nitrogens is 1. The van der Waals surface area contributed by atoms with E-state index in [1.165, 1.54) is 12.1 Å². The van der Waals surface area contributed by atoms with E-state index in [1.54, 1.807) is 24.1 Å². The van der Waals surface area contributed by atoms with Crippen LogP contribution in [0.2, 0.25) is 0 Å². The summed E-state index contributed by atoms with van der Waals surface area (Å²) >= 11 is 0. The molecular weight excluding hydrogens is 479 g/mol. The number of hydrogen-bond acceptors (Lipinski definition) is 11. The predicted molar refractivity (Wildman–Crippen MR) is 121 cm³/mol. The number of carbonyl (C=O) groups excluding carboxylic acids is 3. The summed E-state index contributed by atoms with van der Waals surface area (Å²) in [6, 6.07) is 4.75. The van der Waals surface area contributed by atoms with Gasteiger partial charge in [-0.1, -0.05) is 0 Å². The molecule has 0 spiro atoms. The summed E-state index contributed by atoms with van der Waals surface area (Å²) < 4.78 is 0. The van der Waals surface area contributed by atoms with Crippen LogP contribution in [-0.2, 0) is 9.59 Å². The van der Waals surface area contributed by atoms with Gasteiger partial charge in [0, 0.05) is 37.4 Å². The molecule has 0 aliphatic carbocycles. The summed E-state index contributed by atoms with van der Waals surface area (Å²) in [6.07, 6.45) is -0.862. The second-order valence-corrected chi connectivity index (χ2v) is 7.51. The molecule has 176 valence electrons. The standard InChI is InChI=1S/C20H25N7O6.Ca/c1-27-12(9-23-16-15(27)18(31)26-20(21)25-16)8-22-11-4-2-10(3-5-11)17(30)24-13(19(32)33)6-7-14(28)29;/h2-5,12-13,22H,6-9H2,1H3,(H,24,30)(H,28,29)(H,32,33)(H4,21,23,25,26,31);/q;+2/p-2/t12-,13-;/m0./s1/i6+1,7+1,13+1,14+1,19+1;. The molecule has 1 aromatic carbocycles. The molecule has 1 aliphatic heterocycles. The number of hydrogen-bond donors (Lipinski definition) is 5. The quantitative estimate of drug-likeness (QED) is 0.169. The molecule has 3 rings (SSSR count). The first-order chi connectivity index (χ1) is 15.7. The number of nitrogens with two attached hydrogens (primary N) is 1. The molecule has 0 unspecified atom stereocenters. The van der Waals surface area contributed by atoms with Gasteiger partial charge in [-0.05, 0) is 37.1 Å². The van der Waals surface area contributed by atoms with Gasteiger partial charge in [0.05, 0.1) is 18.1 Å². The minimum Gasteiger partial charge on any atom is -0.550 e. The Balaban J connectivity index is 0.00000408. The number of benzene rings is 1. The monoisotopic (exact) mass is 502 g/mol. The first-order valence-corrected chi connectivity index (χ1v) is 10.1. The van der Waals surface area contributed by atoms with Gasteiger partial charge in [0.25, 0.3) is 11.5 Å². The summed E-state index contributed by atoms with van der Waals surface area (Å²) in [5.41, 5.74) is 6.51. The smallest absolute Gasteiger partial charge is 0.550 e. The third-order valence-electron chi connectivity index (χ3n) is 5.23. The average Bonchev–Trinajstić information content (AvgIpc) is 2.75. The van der Waals surface area contributed by atoms with Crippen LogP contribution in [0.5, 0.6) is 0 Å². The van der Waals surface area contributed by atoms with Crippen LogP contribution in [0, 0.1) is 0 Å². The molecule has 0 bridgehead atoms. The normalized spacial score (nSPS) is 15.2. The number of aliphatic carboxylic acids is 2. The van der Waals surface area contributed by atoms with Crippen LogP contribution < -0.4 is 42.4 Å². The Morgan fingerprint density at radius 2 is 1.94 bits per heavy atom. The minimum atomic E-state index is -1.58. The largest absolute Gasteiger partial charge is 2.00 e. The van der Waals surface area contributed by atoms with Gasteiger partial charge in [-0.3, -0.25) is 14.6 Å². The van der Waals surface area contributed by atoms with Crippen molar-refractivity contribution in [2.45, 2.75) is 24.9 Å². The zero-order valence-corrected chi connectivity index (χ0v) is 20.6. The molecule has 2 atom stereocenters. The van der Waals surface area contributed by atoms with E-state index in [9.17, 15) is 29.4 Å². The molecule has 34 heavy (non-hydrogen) atoms. The number of nitrogen functional groups attached to an aromatic ring is 1. The summed E-state index contributed by atoms with van der Waals surface area (Å²) in [7, 11) is 1.78. The number of nitrogens with one attached hydrogen (secondary N) is 4. The van der Waals surface area contributed by atoms with Crippen LogP contribution >= 0.6 is 0 Å². The predicted octanol–water partition coefficient (Wildman–Crippen LogP) is -3.31. The Labute approximate surface area is 224 Å². The topological polar surface area (TPSA) is 208 Å². The van der Waals surface area contributed by atoms with E-state index in [0.717, 1.165) is 0 Å². The van der Waals surface area contributed by atoms with E-state index in [0.29, 0.717) is 30.3 Å². The molecule has 14 heteroatoms. The molecule has 0 saturated carbocycles. The number of aromatic nitrogens is 2. The van der Waals surface area contributed by atoms with E-state index in [1.807, 2.05) is 0 Å². The van der Waals surface area contributed by atoms with E-state index >= 15 is 0 Å². The molecule has 2 aromatic rings. The number of anilines is 4. The number of amides is 1. The fourth-order valence-electron chi connectivity index (χ4n) is 3.41. The average molecular weight is 502 g/mol. The van der Waals surface area contributed by atoms with Gasteiger partial charge in [-0.2, -0.15) is 4.98 Å². The minimum absolute atomic E-state index is 0. The first kappa shape index (κ1) is 27.2. The van der Waals surface area contributed by atoms with Gasteiger partial charge < -0.3 is 46.4 Å². The van der Waals surface area contributed by atoms with Crippen LogP contribution in [0.1, 0.15) is 23.2 Å². The number of aromatic amines is 1. The van der Waals surface area contributed by atoms with Crippen LogP contribution in [0.15, 0.2) is 29.1 Å². The van der Waals surface area contributed by atoms with Gasteiger partial charge in [0.2, 0.25) is 5.95 Å². The maximum absolute atomic E-state index is 12.3. The summed E-state index contributed by atoms with van der Waals surface area (Å²) in [5, 5.41) is 30.2. The van der Waals surface area contributed by atoms with Crippen molar-refractivity contribution >= 4 is 78.7 Å². The van der Waals surface area contributed by atoms with Gasteiger partial charge >= 0.3 is 37.7 Å². The summed E-state index contributed by atoms with van der Waals surface area (Å²) in [4.78, 5) is 54.5. The third kappa shape index (κ3) is 6.74. The van der Waals surface area contributed by atoms with E-state index < -0.39 is 30.3 Å². The van der Waals surface area contributed by atoms with Crippen molar-refractivity contribution in [3.05, 3.63) is 40.2 Å². The van der Waals surface area contributed by atoms with E-state index in [2.05, 4.69) is 25.9 Å². The third-order valence-corrected chi connectivity index (χ3v) is 5.23. The number of carboxylic acid groups (broad SMARTS) is 2. The number of carbonyl (C=O) groups is 3. The molecule has 1 amide bonds. The molecule has 1 aliphatic rings. The summed E-state index contributed by atoms with van der Waals surface area (Å²) in [6.45, 7) is 0.984. The molecule has 0 fully saturated rings. The Morgan fingerprint density at radius 3 is 2.56 bits per heavy atom. The van der Waals surface area contributed by atoms with E-state index in [4.69, 9.17) is 5.73 Å². The van der Waals surface area contributed by atoms with Crippen LogP contribution in [0.3, 0.4) is 0 Å². The number of likely N-dealkylation sites (N-methyl/N-ethyl adjacent to an activating group) is 1. The van der Waals surface area contributed by atoms with E-state index in [-0.39, 0.29) is 67.3 Å². The number of rotatable bonds is 9. The van der Waals surface area contributed by atoms with Crippen LogP contribution in [0.4, 0.5) is 23.1 Å². The van der Waals surface area contributed by atoms with Crippen molar-refractivity contribution in [2.24, 2.45) is 0 Å².